The highest BCUT2D eigenvalue weighted by Crippen LogP contribution is 2.24. The molecule has 1 aromatic rings. The van der Waals surface area contributed by atoms with Crippen LogP contribution in [0.1, 0.15) is 13.8 Å². The van der Waals surface area contributed by atoms with Crippen molar-refractivity contribution in [1.29, 1.82) is 0 Å². The van der Waals surface area contributed by atoms with Crippen LogP contribution in [0, 0.1) is 11.8 Å². The van der Waals surface area contributed by atoms with E-state index in [9.17, 15) is 4.79 Å². The molecule has 1 amide bonds. The number of hydrogen-bond acceptors (Lipinski definition) is 3. The van der Waals surface area contributed by atoms with E-state index in [2.05, 4.69) is 10.6 Å². The summed E-state index contributed by atoms with van der Waals surface area (Å²) < 4.78 is 5.72. The fourth-order valence-corrected chi connectivity index (χ4v) is 2.26. The van der Waals surface area contributed by atoms with Crippen LogP contribution in [0.2, 0.25) is 5.02 Å². The van der Waals surface area contributed by atoms with Crippen molar-refractivity contribution in [2.24, 2.45) is 11.8 Å². The molecule has 2 N–H and O–H groups in total. The molecule has 0 aliphatic carbocycles. The zero-order chi connectivity index (χ0) is 14.5. The quantitative estimate of drug-likeness (QED) is 0.845. The predicted molar refractivity (Wildman–Crippen MR) is 80.1 cm³/mol. The van der Waals surface area contributed by atoms with Gasteiger partial charge in [-0.1, -0.05) is 30.7 Å². The number of nitrogens with one attached hydrogen (secondary N) is 2. The second-order valence-electron chi connectivity index (χ2n) is 5.31. The minimum atomic E-state index is -0.120. The maximum atomic E-state index is 12.0. The van der Waals surface area contributed by atoms with Crippen molar-refractivity contribution in [3.05, 3.63) is 29.3 Å². The summed E-state index contributed by atoms with van der Waals surface area (Å²) in [6.07, 6.45) is -0.120. The molecule has 2 atom stereocenters. The molecule has 1 aliphatic rings. The Morgan fingerprint density at radius 1 is 1.45 bits per heavy atom. The highest BCUT2D eigenvalue weighted by Gasteiger charge is 2.28. The first-order valence-electron chi connectivity index (χ1n) is 6.97. The molecule has 4 nitrogen and oxygen atoms in total. The summed E-state index contributed by atoms with van der Waals surface area (Å²) >= 11 is 6.03. The Morgan fingerprint density at radius 2 is 2.15 bits per heavy atom. The smallest absolute Gasteiger partial charge is 0.223 e. The van der Waals surface area contributed by atoms with Gasteiger partial charge >= 0.3 is 0 Å². The minimum Gasteiger partial charge on any atom is -0.487 e. The van der Waals surface area contributed by atoms with Gasteiger partial charge < -0.3 is 15.4 Å². The molecule has 1 fully saturated rings. The van der Waals surface area contributed by atoms with Crippen LogP contribution in [-0.2, 0) is 4.79 Å². The van der Waals surface area contributed by atoms with E-state index in [0.717, 1.165) is 13.1 Å². The number of carbonyl (C=O) groups excluding carboxylic acids is 1. The van der Waals surface area contributed by atoms with Gasteiger partial charge in [0, 0.05) is 5.92 Å². The summed E-state index contributed by atoms with van der Waals surface area (Å²) in [4.78, 5) is 12.0. The lowest BCUT2D eigenvalue weighted by Gasteiger charge is -2.32. The minimum absolute atomic E-state index is 0.0452. The third kappa shape index (κ3) is 3.87. The van der Waals surface area contributed by atoms with Gasteiger partial charge in [-0.05, 0) is 38.1 Å². The standard InChI is InChI=1S/C15H21ClN2O2/c1-10(20-14-6-4-3-5-13(14)16)7-18-15(19)11(2)12-8-17-9-12/h3-6,10-12,17H,7-9H2,1-2H3,(H,18,19). The Morgan fingerprint density at radius 3 is 2.75 bits per heavy atom. The monoisotopic (exact) mass is 296 g/mol. The van der Waals surface area contributed by atoms with Gasteiger partial charge in [0.1, 0.15) is 11.9 Å². The Bertz CT molecular complexity index is 463. The van der Waals surface area contributed by atoms with Crippen LogP contribution in [-0.4, -0.2) is 31.6 Å². The second-order valence-corrected chi connectivity index (χ2v) is 5.72. The molecular formula is C15H21ClN2O2. The summed E-state index contributed by atoms with van der Waals surface area (Å²) in [6.45, 7) is 6.23. The molecule has 20 heavy (non-hydrogen) atoms. The summed E-state index contributed by atoms with van der Waals surface area (Å²) in [5.41, 5.74) is 0. The molecular weight excluding hydrogens is 276 g/mol. The van der Waals surface area contributed by atoms with Crippen molar-refractivity contribution in [2.45, 2.75) is 20.0 Å². The molecule has 2 unspecified atom stereocenters. The maximum absolute atomic E-state index is 12.0. The van der Waals surface area contributed by atoms with Gasteiger partial charge in [0.2, 0.25) is 5.91 Å². The van der Waals surface area contributed by atoms with E-state index in [4.69, 9.17) is 16.3 Å². The van der Waals surface area contributed by atoms with Crippen LogP contribution >= 0.6 is 11.6 Å². The Labute approximate surface area is 124 Å². The molecule has 0 radical (unpaired) electrons. The number of rotatable bonds is 6. The van der Waals surface area contributed by atoms with E-state index in [0.29, 0.717) is 23.2 Å². The summed E-state index contributed by atoms with van der Waals surface area (Å²) in [7, 11) is 0. The molecule has 1 saturated heterocycles. The van der Waals surface area contributed by atoms with E-state index in [1.165, 1.54) is 0 Å². The molecule has 1 heterocycles. The fourth-order valence-electron chi connectivity index (χ4n) is 2.08. The molecule has 0 aromatic heterocycles. The largest absolute Gasteiger partial charge is 0.487 e. The van der Waals surface area contributed by atoms with Crippen molar-refractivity contribution >= 4 is 17.5 Å². The summed E-state index contributed by atoms with van der Waals surface area (Å²) in [5.74, 6) is 1.23. The zero-order valence-corrected chi connectivity index (χ0v) is 12.6. The SMILES string of the molecule is CC(CNC(=O)C(C)C1CNC1)Oc1ccccc1Cl. The molecule has 1 aliphatic heterocycles. The van der Waals surface area contributed by atoms with Crippen molar-refractivity contribution in [3.63, 3.8) is 0 Å². The number of carbonyl (C=O) groups is 1. The lowest BCUT2D eigenvalue weighted by molar-refractivity contribution is -0.127. The van der Waals surface area contributed by atoms with Gasteiger partial charge in [-0.25, -0.2) is 0 Å². The van der Waals surface area contributed by atoms with Crippen LogP contribution in [0.3, 0.4) is 0 Å². The van der Waals surface area contributed by atoms with Crippen LogP contribution < -0.4 is 15.4 Å². The molecule has 2 rings (SSSR count). The van der Waals surface area contributed by atoms with E-state index in [1.807, 2.05) is 32.0 Å². The second kappa shape index (κ2) is 6.95. The van der Waals surface area contributed by atoms with Gasteiger partial charge in [0.25, 0.3) is 0 Å². The molecule has 0 bridgehead atoms. The molecule has 5 heteroatoms. The molecule has 110 valence electrons. The number of para-hydroxylation sites is 1. The highest BCUT2D eigenvalue weighted by atomic mass is 35.5. The Kier molecular flexibility index (Phi) is 5.26. The van der Waals surface area contributed by atoms with Gasteiger partial charge in [-0.3, -0.25) is 4.79 Å². The zero-order valence-electron chi connectivity index (χ0n) is 11.9. The van der Waals surface area contributed by atoms with Crippen LogP contribution in [0.15, 0.2) is 24.3 Å². The van der Waals surface area contributed by atoms with E-state index >= 15 is 0 Å². The summed E-state index contributed by atoms with van der Waals surface area (Å²) in [6, 6.07) is 7.34. The number of hydrogen-bond donors (Lipinski definition) is 2. The number of amides is 1. The van der Waals surface area contributed by atoms with Crippen LogP contribution in [0.25, 0.3) is 0 Å². The van der Waals surface area contributed by atoms with Crippen molar-refractivity contribution in [2.75, 3.05) is 19.6 Å². The lowest BCUT2D eigenvalue weighted by Crippen LogP contribution is -2.50. The molecule has 0 spiro atoms. The molecule has 1 aromatic carbocycles. The summed E-state index contributed by atoms with van der Waals surface area (Å²) in [5, 5.41) is 6.70. The number of benzene rings is 1. The Balaban J connectivity index is 1.76. The van der Waals surface area contributed by atoms with Crippen LogP contribution in [0.5, 0.6) is 5.75 Å². The number of halogens is 1. The molecule has 0 saturated carbocycles. The number of ether oxygens (including phenoxy) is 1. The van der Waals surface area contributed by atoms with Crippen molar-refractivity contribution in [3.8, 4) is 5.75 Å². The van der Waals surface area contributed by atoms with Gasteiger partial charge in [0.05, 0.1) is 11.6 Å². The predicted octanol–water partition coefficient (Wildman–Crippen LogP) is 2.08. The van der Waals surface area contributed by atoms with Gasteiger partial charge in [0.15, 0.2) is 0 Å². The van der Waals surface area contributed by atoms with E-state index in [1.54, 1.807) is 6.07 Å². The maximum Gasteiger partial charge on any atom is 0.223 e. The van der Waals surface area contributed by atoms with Gasteiger partial charge in [-0.15, -0.1) is 0 Å². The first-order chi connectivity index (χ1) is 9.58. The lowest BCUT2D eigenvalue weighted by atomic mass is 9.88. The van der Waals surface area contributed by atoms with Crippen molar-refractivity contribution < 1.29 is 9.53 Å². The van der Waals surface area contributed by atoms with E-state index in [-0.39, 0.29) is 17.9 Å². The topological polar surface area (TPSA) is 50.4 Å². The Hall–Kier alpha value is -1.26. The fraction of sp³-hybridized carbons (Fsp3) is 0.533. The van der Waals surface area contributed by atoms with E-state index < -0.39 is 0 Å². The van der Waals surface area contributed by atoms with Crippen LogP contribution in [0.4, 0.5) is 0 Å². The first kappa shape index (κ1) is 15.1. The third-order valence-corrected chi connectivity index (χ3v) is 3.97. The average Bonchev–Trinajstić information content (AvgIpc) is 2.36. The first-order valence-corrected chi connectivity index (χ1v) is 7.35. The van der Waals surface area contributed by atoms with Crippen molar-refractivity contribution in [1.82, 2.24) is 10.6 Å². The third-order valence-electron chi connectivity index (χ3n) is 3.66. The average molecular weight is 297 g/mol. The highest BCUT2D eigenvalue weighted by molar-refractivity contribution is 6.32. The normalized spacial score (nSPS) is 17.9. The van der Waals surface area contributed by atoms with Gasteiger partial charge in [-0.2, -0.15) is 0 Å².